The lowest BCUT2D eigenvalue weighted by molar-refractivity contribution is -0.0121. The predicted molar refractivity (Wildman–Crippen MR) is 71.0 cm³/mol. The molecule has 2 nitrogen and oxygen atoms in total. The number of nitrogens with zero attached hydrogens (tertiary/aromatic N) is 1. The number of hydrogen-bond acceptors (Lipinski definition) is 3. The van der Waals surface area contributed by atoms with E-state index < -0.39 is 0 Å². The quantitative estimate of drug-likeness (QED) is 0.828. The molecule has 0 amide bonds. The Morgan fingerprint density at radius 2 is 2.00 bits per heavy atom. The van der Waals surface area contributed by atoms with Crippen LogP contribution in [0.1, 0.15) is 31.6 Å². The Morgan fingerprint density at radius 3 is 2.38 bits per heavy atom. The molecule has 0 aromatic carbocycles. The summed E-state index contributed by atoms with van der Waals surface area (Å²) in [6.45, 7) is 4.31. The Balaban J connectivity index is 2.78. The van der Waals surface area contributed by atoms with Gasteiger partial charge in [-0.25, -0.2) is 0 Å². The standard InChI is InChI=1S/C13H23NOS/c1-5-13(6-2,14(3)4)12(15)10-11-8-7-9-16-11/h7-9,12,15H,5-6,10H2,1-4H3. The minimum atomic E-state index is -0.295. The first-order valence-electron chi connectivity index (χ1n) is 5.94. The summed E-state index contributed by atoms with van der Waals surface area (Å²) in [5.41, 5.74) is -0.0933. The maximum absolute atomic E-state index is 10.5. The molecule has 0 saturated heterocycles. The largest absolute Gasteiger partial charge is 0.391 e. The van der Waals surface area contributed by atoms with Crippen molar-refractivity contribution in [2.45, 2.75) is 44.8 Å². The highest BCUT2D eigenvalue weighted by Crippen LogP contribution is 2.28. The Morgan fingerprint density at radius 1 is 1.38 bits per heavy atom. The molecular formula is C13H23NOS. The van der Waals surface area contributed by atoms with Crippen molar-refractivity contribution in [2.24, 2.45) is 0 Å². The van der Waals surface area contributed by atoms with E-state index in [1.807, 2.05) is 6.07 Å². The Labute approximate surface area is 103 Å². The highest BCUT2D eigenvalue weighted by atomic mass is 32.1. The van der Waals surface area contributed by atoms with E-state index in [-0.39, 0.29) is 11.6 Å². The molecule has 0 radical (unpaired) electrons. The third-order valence-electron chi connectivity index (χ3n) is 3.71. The van der Waals surface area contributed by atoms with Crippen molar-refractivity contribution in [1.82, 2.24) is 4.90 Å². The summed E-state index contributed by atoms with van der Waals surface area (Å²) in [6, 6.07) is 4.14. The maximum atomic E-state index is 10.5. The molecule has 3 heteroatoms. The van der Waals surface area contributed by atoms with Crippen molar-refractivity contribution in [3.63, 3.8) is 0 Å². The first-order valence-corrected chi connectivity index (χ1v) is 6.82. The first kappa shape index (κ1) is 13.7. The zero-order valence-electron chi connectivity index (χ0n) is 10.7. The van der Waals surface area contributed by atoms with E-state index in [0.717, 1.165) is 19.3 Å². The molecule has 92 valence electrons. The predicted octanol–water partition coefficient (Wildman–Crippen LogP) is 2.77. The van der Waals surface area contributed by atoms with Gasteiger partial charge in [-0.2, -0.15) is 0 Å². The monoisotopic (exact) mass is 241 g/mol. The third-order valence-corrected chi connectivity index (χ3v) is 4.61. The zero-order chi connectivity index (χ0) is 12.2. The van der Waals surface area contributed by atoms with Crippen LogP contribution in [0, 0.1) is 0 Å². The molecule has 0 bridgehead atoms. The van der Waals surface area contributed by atoms with Gasteiger partial charge in [0, 0.05) is 16.8 Å². The van der Waals surface area contributed by atoms with Crippen LogP contribution in [0.4, 0.5) is 0 Å². The number of rotatable bonds is 6. The number of thiophene rings is 1. The van der Waals surface area contributed by atoms with Gasteiger partial charge in [0.2, 0.25) is 0 Å². The molecule has 1 unspecified atom stereocenters. The van der Waals surface area contributed by atoms with E-state index in [4.69, 9.17) is 0 Å². The second-order valence-electron chi connectivity index (χ2n) is 4.50. The number of aliphatic hydroxyl groups is 1. The van der Waals surface area contributed by atoms with Gasteiger partial charge in [0.15, 0.2) is 0 Å². The van der Waals surface area contributed by atoms with Gasteiger partial charge in [-0.3, -0.25) is 0 Å². The molecule has 16 heavy (non-hydrogen) atoms. The minimum absolute atomic E-state index is 0.0933. The van der Waals surface area contributed by atoms with Gasteiger partial charge >= 0.3 is 0 Å². The molecule has 0 spiro atoms. The normalized spacial score (nSPS) is 14.4. The number of likely N-dealkylation sites (N-methyl/N-ethyl adjacent to an activating group) is 1. The van der Waals surface area contributed by atoms with Gasteiger partial charge in [0.05, 0.1) is 6.10 Å². The summed E-state index contributed by atoms with van der Waals surface area (Å²) in [4.78, 5) is 3.44. The van der Waals surface area contributed by atoms with Gasteiger partial charge in [0.1, 0.15) is 0 Å². The van der Waals surface area contributed by atoms with Crippen LogP contribution < -0.4 is 0 Å². The molecule has 0 aliphatic carbocycles. The summed E-state index contributed by atoms with van der Waals surface area (Å²) in [5.74, 6) is 0. The van der Waals surface area contributed by atoms with Gasteiger partial charge in [-0.1, -0.05) is 19.9 Å². The molecule has 1 rings (SSSR count). The van der Waals surface area contributed by atoms with Crippen LogP contribution in [-0.2, 0) is 6.42 Å². The summed E-state index contributed by atoms with van der Waals surface area (Å²) in [7, 11) is 4.12. The van der Waals surface area contributed by atoms with Crippen molar-refractivity contribution < 1.29 is 5.11 Å². The van der Waals surface area contributed by atoms with E-state index >= 15 is 0 Å². The molecule has 0 fully saturated rings. The molecular weight excluding hydrogens is 218 g/mol. The average molecular weight is 241 g/mol. The lowest BCUT2D eigenvalue weighted by Crippen LogP contribution is -2.53. The van der Waals surface area contributed by atoms with Crippen LogP contribution in [0.2, 0.25) is 0 Å². The number of aliphatic hydroxyl groups excluding tert-OH is 1. The molecule has 1 N–H and O–H groups in total. The molecule has 0 saturated carbocycles. The highest BCUT2D eigenvalue weighted by Gasteiger charge is 2.36. The van der Waals surface area contributed by atoms with Crippen molar-refractivity contribution in [1.29, 1.82) is 0 Å². The average Bonchev–Trinajstić information content (AvgIpc) is 2.72. The maximum Gasteiger partial charge on any atom is 0.0771 e. The van der Waals surface area contributed by atoms with E-state index in [9.17, 15) is 5.11 Å². The smallest absolute Gasteiger partial charge is 0.0771 e. The first-order chi connectivity index (χ1) is 7.56. The van der Waals surface area contributed by atoms with Gasteiger partial charge in [-0.15, -0.1) is 11.3 Å². The summed E-state index contributed by atoms with van der Waals surface area (Å²) < 4.78 is 0. The van der Waals surface area contributed by atoms with Crippen LogP contribution in [-0.4, -0.2) is 35.7 Å². The summed E-state index contributed by atoms with van der Waals surface area (Å²) >= 11 is 1.72. The second-order valence-corrected chi connectivity index (χ2v) is 5.54. The molecule has 1 atom stereocenters. The molecule has 1 aromatic heterocycles. The van der Waals surface area contributed by atoms with E-state index in [1.165, 1.54) is 4.88 Å². The van der Waals surface area contributed by atoms with Gasteiger partial charge < -0.3 is 10.0 Å². The SMILES string of the molecule is CCC(CC)(C(O)Cc1cccs1)N(C)C. The van der Waals surface area contributed by atoms with E-state index in [2.05, 4.69) is 44.3 Å². The summed E-state index contributed by atoms with van der Waals surface area (Å²) in [6.07, 6.45) is 2.42. The van der Waals surface area contributed by atoms with Crippen LogP contribution in [0.25, 0.3) is 0 Å². The highest BCUT2D eigenvalue weighted by molar-refractivity contribution is 7.09. The number of hydrogen-bond donors (Lipinski definition) is 1. The van der Waals surface area contributed by atoms with Gasteiger partial charge in [-0.05, 0) is 38.4 Å². The molecule has 1 aromatic rings. The Hall–Kier alpha value is -0.380. The van der Waals surface area contributed by atoms with Crippen LogP contribution in [0.5, 0.6) is 0 Å². The van der Waals surface area contributed by atoms with Crippen molar-refractivity contribution >= 4 is 11.3 Å². The van der Waals surface area contributed by atoms with Crippen LogP contribution in [0.3, 0.4) is 0 Å². The second kappa shape index (κ2) is 5.80. The van der Waals surface area contributed by atoms with Crippen molar-refractivity contribution in [2.75, 3.05) is 14.1 Å². The van der Waals surface area contributed by atoms with Gasteiger partial charge in [0.25, 0.3) is 0 Å². The third kappa shape index (κ3) is 2.65. The van der Waals surface area contributed by atoms with Crippen molar-refractivity contribution in [3.05, 3.63) is 22.4 Å². The molecule has 1 heterocycles. The fourth-order valence-corrected chi connectivity index (χ4v) is 3.20. The van der Waals surface area contributed by atoms with Crippen molar-refractivity contribution in [3.8, 4) is 0 Å². The fraction of sp³-hybridized carbons (Fsp3) is 0.692. The van der Waals surface area contributed by atoms with E-state index in [0.29, 0.717) is 0 Å². The lowest BCUT2D eigenvalue weighted by atomic mass is 9.83. The Kier molecular flexibility index (Phi) is 4.96. The van der Waals surface area contributed by atoms with Crippen LogP contribution in [0.15, 0.2) is 17.5 Å². The topological polar surface area (TPSA) is 23.5 Å². The zero-order valence-corrected chi connectivity index (χ0v) is 11.5. The Bertz CT molecular complexity index is 291. The lowest BCUT2D eigenvalue weighted by Gasteiger charge is -2.42. The van der Waals surface area contributed by atoms with E-state index in [1.54, 1.807) is 11.3 Å². The summed E-state index contributed by atoms with van der Waals surface area (Å²) in [5, 5.41) is 12.5. The molecule has 0 aliphatic rings. The molecule has 0 aliphatic heterocycles. The van der Waals surface area contributed by atoms with Crippen LogP contribution >= 0.6 is 11.3 Å². The minimum Gasteiger partial charge on any atom is -0.391 e. The fourth-order valence-electron chi connectivity index (χ4n) is 2.46.